The fourth-order valence-electron chi connectivity index (χ4n) is 2.31. The smallest absolute Gasteiger partial charge is 0.407 e. The van der Waals surface area contributed by atoms with Gasteiger partial charge in [0, 0.05) is 17.0 Å². The second kappa shape index (κ2) is 4.92. The molecule has 0 saturated carbocycles. The lowest BCUT2D eigenvalue weighted by Gasteiger charge is -2.21. The summed E-state index contributed by atoms with van der Waals surface area (Å²) in [6.07, 6.45) is 6.67. The first-order valence-electron chi connectivity index (χ1n) is 6.25. The highest BCUT2D eigenvalue weighted by molar-refractivity contribution is 8.01. The largest absolute Gasteiger partial charge is 0.444 e. The summed E-state index contributed by atoms with van der Waals surface area (Å²) < 4.78 is 5.19. The van der Waals surface area contributed by atoms with E-state index in [0.717, 1.165) is 17.6 Å². The Morgan fingerprint density at radius 1 is 1.47 bits per heavy atom. The molecule has 1 aliphatic heterocycles. The maximum absolute atomic E-state index is 11.4. The molecule has 2 bridgehead atoms. The highest BCUT2D eigenvalue weighted by Crippen LogP contribution is 2.45. The van der Waals surface area contributed by atoms with E-state index >= 15 is 0 Å². The van der Waals surface area contributed by atoms with Crippen molar-refractivity contribution in [1.82, 2.24) is 5.32 Å². The van der Waals surface area contributed by atoms with Gasteiger partial charge in [0.05, 0.1) is 0 Å². The van der Waals surface area contributed by atoms with E-state index in [-0.39, 0.29) is 6.09 Å². The van der Waals surface area contributed by atoms with E-state index in [2.05, 4.69) is 17.5 Å². The summed E-state index contributed by atoms with van der Waals surface area (Å²) in [7, 11) is 0. The number of ether oxygens (including phenoxy) is 1. The molecule has 1 fully saturated rings. The van der Waals surface area contributed by atoms with Crippen LogP contribution in [-0.4, -0.2) is 28.7 Å². The number of amides is 1. The zero-order valence-corrected chi connectivity index (χ0v) is 11.5. The van der Waals surface area contributed by atoms with Gasteiger partial charge < -0.3 is 10.1 Å². The van der Waals surface area contributed by atoms with Crippen LogP contribution in [0.15, 0.2) is 12.2 Å². The van der Waals surface area contributed by atoms with Crippen molar-refractivity contribution < 1.29 is 9.53 Å². The highest BCUT2D eigenvalue weighted by Gasteiger charge is 2.35. The van der Waals surface area contributed by atoms with E-state index in [0.29, 0.717) is 11.8 Å². The normalized spacial score (nSPS) is 30.6. The van der Waals surface area contributed by atoms with Crippen LogP contribution >= 0.6 is 11.8 Å². The number of carbonyl (C=O) groups excluding carboxylic acids is 1. The Bertz CT molecular complexity index is 322. The number of rotatable bonds is 3. The zero-order valence-electron chi connectivity index (χ0n) is 10.7. The standard InChI is InChI=1S/C13H21NO2S/c1-13(2,3)16-12(15)14-7-6-11-9-4-5-10(8-9)17-11/h4-5,9-11H,6-8H2,1-3H3,(H,14,15)/t9-,10+,11-/m1/s1. The van der Waals surface area contributed by atoms with Gasteiger partial charge in [-0.05, 0) is 39.5 Å². The van der Waals surface area contributed by atoms with Crippen LogP contribution in [0.3, 0.4) is 0 Å². The third kappa shape index (κ3) is 3.66. The Hall–Kier alpha value is -0.640. The Labute approximate surface area is 107 Å². The van der Waals surface area contributed by atoms with Crippen LogP contribution in [0.5, 0.6) is 0 Å². The van der Waals surface area contributed by atoms with Crippen molar-refractivity contribution in [3.8, 4) is 0 Å². The van der Waals surface area contributed by atoms with Crippen molar-refractivity contribution in [1.29, 1.82) is 0 Å². The highest BCUT2D eigenvalue weighted by atomic mass is 32.2. The molecule has 0 unspecified atom stereocenters. The zero-order chi connectivity index (χ0) is 12.5. The van der Waals surface area contributed by atoms with E-state index in [1.54, 1.807) is 0 Å². The average Bonchev–Trinajstić information content (AvgIpc) is 2.75. The van der Waals surface area contributed by atoms with Crippen LogP contribution in [-0.2, 0) is 4.74 Å². The number of thioether (sulfide) groups is 1. The molecule has 1 saturated heterocycles. The lowest BCUT2D eigenvalue weighted by atomic mass is 10.0. The van der Waals surface area contributed by atoms with Gasteiger partial charge in [0.15, 0.2) is 0 Å². The van der Waals surface area contributed by atoms with E-state index in [1.165, 1.54) is 6.42 Å². The molecular weight excluding hydrogens is 234 g/mol. The molecule has 0 radical (unpaired) electrons. The van der Waals surface area contributed by atoms with Gasteiger partial charge in [-0.3, -0.25) is 0 Å². The number of allylic oxidation sites excluding steroid dienone is 1. The van der Waals surface area contributed by atoms with Crippen molar-refractivity contribution >= 4 is 17.9 Å². The van der Waals surface area contributed by atoms with Crippen LogP contribution in [0, 0.1) is 5.92 Å². The second-order valence-corrected chi connectivity index (χ2v) is 7.20. The molecule has 1 heterocycles. The Balaban J connectivity index is 1.63. The van der Waals surface area contributed by atoms with Crippen molar-refractivity contribution in [3.05, 3.63) is 12.2 Å². The van der Waals surface area contributed by atoms with Crippen molar-refractivity contribution in [2.75, 3.05) is 6.54 Å². The Morgan fingerprint density at radius 2 is 2.24 bits per heavy atom. The van der Waals surface area contributed by atoms with E-state index < -0.39 is 5.60 Å². The third-order valence-electron chi connectivity index (χ3n) is 3.00. The summed E-state index contributed by atoms with van der Waals surface area (Å²) in [5.74, 6) is 0.727. The summed E-state index contributed by atoms with van der Waals surface area (Å²) in [6, 6.07) is 0. The van der Waals surface area contributed by atoms with Gasteiger partial charge in [-0.1, -0.05) is 12.2 Å². The second-order valence-electron chi connectivity index (χ2n) is 5.71. The molecule has 17 heavy (non-hydrogen) atoms. The fourth-order valence-corrected chi connectivity index (χ4v) is 3.93. The number of hydrogen-bond donors (Lipinski definition) is 1. The van der Waals surface area contributed by atoms with Crippen molar-refractivity contribution in [2.45, 2.75) is 49.7 Å². The first-order valence-corrected chi connectivity index (χ1v) is 7.19. The monoisotopic (exact) mass is 255 g/mol. The molecular formula is C13H21NO2S. The maximum Gasteiger partial charge on any atom is 0.407 e. The van der Waals surface area contributed by atoms with E-state index in [4.69, 9.17) is 4.74 Å². The van der Waals surface area contributed by atoms with Gasteiger partial charge in [-0.25, -0.2) is 4.79 Å². The molecule has 0 spiro atoms. The van der Waals surface area contributed by atoms with Crippen molar-refractivity contribution in [2.24, 2.45) is 5.92 Å². The van der Waals surface area contributed by atoms with Gasteiger partial charge in [-0.2, -0.15) is 11.8 Å². The van der Waals surface area contributed by atoms with Gasteiger partial charge in [-0.15, -0.1) is 0 Å². The fraction of sp³-hybridized carbons (Fsp3) is 0.769. The van der Waals surface area contributed by atoms with Crippen LogP contribution in [0.2, 0.25) is 0 Å². The number of nitrogens with one attached hydrogen (secondary N) is 1. The number of hydrogen-bond acceptors (Lipinski definition) is 3. The van der Waals surface area contributed by atoms with Crippen molar-refractivity contribution in [3.63, 3.8) is 0 Å². The van der Waals surface area contributed by atoms with Gasteiger partial charge in [0.2, 0.25) is 0 Å². The lowest BCUT2D eigenvalue weighted by molar-refractivity contribution is 0.0527. The molecule has 96 valence electrons. The van der Waals surface area contributed by atoms with Crippen LogP contribution in [0.25, 0.3) is 0 Å². The molecule has 1 aliphatic carbocycles. The predicted molar refractivity (Wildman–Crippen MR) is 71.3 cm³/mol. The molecule has 2 rings (SSSR count). The number of alkyl carbamates (subject to hydrolysis) is 1. The quantitative estimate of drug-likeness (QED) is 0.788. The molecule has 0 aromatic rings. The third-order valence-corrected chi connectivity index (χ3v) is 4.64. The SMILES string of the molecule is CC(C)(C)OC(=O)NCC[C@H]1S[C@H]2C=C[C@@H]1C2. The van der Waals surface area contributed by atoms with Crippen LogP contribution in [0.1, 0.15) is 33.6 Å². The minimum absolute atomic E-state index is 0.304. The molecule has 2 aliphatic rings. The molecule has 0 aromatic heterocycles. The van der Waals surface area contributed by atoms with Gasteiger partial charge in [0.25, 0.3) is 0 Å². The van der Waals surface area contributed by atoms with Gasteiger partial charge in [0.1, 0.15) is 5.60 Å². The molecule has 1 N–H and O–H groups in total. The summed E-state index contributed by atoms with van der Waals surface area (Å²) in [5.41, 5.74) is -0.409. The Kier molecular flexibility index (Phi) is 3.71. The average molecular weight is 255 g/mol. The lowest BCUT2D eigenvalue weighted by Crippen LogP contribution is -2.34. The van der Waals surface area contributed by atoms with Crippen LogP contribution in [0.4, 0.5) is 4.79 Å². The summed E-state index contributed by atoms with van der Waals surface area (Å²) in [6.45, 7) is 6.35. The molecule has 1 amide bonds. The first kappa shape index (κ1) is 12.8. The van der Waals surface area contributed by atoms with Gasteiger partial charge >= 0.3 is 6.09 Å². The first-order chi connectivity index (χ1) is 7.94. The van der Waals surface area contributed by atoms with E-state index in [1.807, 2.05) is 32.5 Å². The summed E-state index contributed by atoms with van der Waals surface area (Å²) in [4.78, 5) is 11.4. The maximum atomic E-state index is 11.4. The molecule has 0 aromatic carbocycles. The topological polar surface area (TPSA) is 38.3 Å². The summed E-state index contributed by atoms with van der Waals surface area (Å²) in [5, 5.41) is 4.24. The minimum atomic E-state index is -0.409. The summed E-state index contributed by atoms with van der Waals surface area (Å²) >= 11 is 2.05. The number of carbonyl (C=O) groups is 1. The minimum Gasteiger partial charge on any atom is -0.444 e. The van der Waals surface area contributed by atoms with E-state index in [9.17, 15) is 4.79 Å². The van der Waals surface area contributed by atoms with Crippen LogP contribution < -0.4 is 5.32 Å². The molecule has 3 atom stereocenters. The number of fused-ring (bicyclic) bond motifs is 2. The Morgan fingerprint density at radius 3 is 2.76 bits per heavy atom. The molecule has 4 heteroatoms. The molecule has 3 nitrogen and oxygen atoms in total. The predicted octanol–water partition coefficient (Wildman–Crippen LogP) is 2.96.